The van der Waals surface area contributed by atoms with Crippen LogP contribution in [-0.4, -0.2) is 32.0 Å². The second-order valence-electron chi connectivity index (χ2n) is 2.91. The molecule has 1 fully saturated rings. The number of hydrogen-bond donors (Lipinski definition) is 3. The van der Waals surface area contributed by atoms with Crippen molar-refractivity contribution >= 4 is 9.28 Å². The molecule has 1 aliphatic heterocycles. The normalized spacial score (nSPS) is 21.9. The molecule has 0 amide bonds. The van der Waals surface area contributed by atoms with Crippen LogP contribution in [-0.2, 0) is 0 Å². The zero-order chi connectivity index (χ0) is 7.40. The van der Waals surface area contributed by atoms with E-state index in [1.807, 2.05) is 0 Å². The average Bonchev–Trinajstić information content (AvgIpc) is 1.88. The quantitative estimate of drug-likeness (QED) is 0.464. The van der Waals surface area contributed by atoms with Gasteiger partial charge in [0.2, 0.25) is 0 Å². The second kappa shape index (κ2) is 4.08. The molecule has 0 bridgehead atoms. The van der Waals surface area contributed by atoms with Gasteiger partial charge >= 0.3 is 9.28 Å². The summed E-state index contributed by atoms with van der Waals surface area (Å²) in [6.45, 7) is 2.09. The Labute approximate surface area is 62.9 Å². The Morgan fingerprint density at radius 1 is 1.30 bits per heavy atom. The van der Waals surface area contributed by atoms with Gasteiger partial charge in [-0.3, -0.25) is 0 Å². The highest BCUT2D eigenvalue weighted by Crippen LogP contribution is 2.16. The van der Waals surface area contributed by atoms with Gasteiger partial charge in [0, 0.05) is 0 Å². The summed E-state index contributed by atoms with van der Waals surface area (Å²) >= 11 is 0. The minimum Gasteiger partial charge on any atom is -0.413 e. The van der Waals surface area contributed by atoms with E-state index in [4.69, 9.17) is 9.59 Å². The van der Waals surface area contributed by atoms with Crippen molar-refractivity contribution in [2.45, 2.75) is 18.9 Å². The van der Waals surface area contributed by atoms with E-state index in [-0.39, 0.29) is 0 Å². The monoisotopic (exact) mass is 161 g/mol. The summed E-state index contributed by atoms with van der Waals surface area (Å²) in [5.74, 6) is 0.577. The summed E-state index contributed by atoms with van der Waals surface area (Å²) in [4.78, 5) is 17.6. The molecule has 4 heteroatoms. The smallest absolute Gasteiger partial charge is 0.316 e. The van der Waals surface area contributed by atoms with Gasteiger partial charge < -0.3 is 14.9 Å². The molecule has 0 aromatic carbocycles. The zero-order valence-electron chi connectivity index (χ0n) is 6.08. The van der Waals surface area contributed by atoms with E-state index in [0.29, 0.717) is 12.0 Å². The van der Waals surface area contributed by atoms with Gasteiger partial charge in [0.25, 0.3) is 0 Å². The second-order valence-corrected chi connectivity index (χ2v) is 4.34. The minimum atomic E-state index is -2.27. The van der Waals surface area contributed by atoms with Gasteiger partial charge in [0.15, 0.2) is 0 Å². The summed E-state index contributed by atoms with van der Waals surface area (Å²) in [5, 5.41) is 3.24. The Balaban J connectivity index is 2.13. The third-order valence-electron chi connectivity index (χ3n) is 2.00. The molecule has 3 nitrogen and oxygen atoms in total. The van der Waals surface area contributed by atoms with Gasteiger partial charge in [-0.05, 0) is 37.9 Å². The fourth-order valence-electron chi connectivity index (χ4n) is 1.42. The molecular weight excluding hydrogens is 146 g/mol. The third kappa shape index (κ3) is 2.79. The van der Waals surface area contributed by atoms with E-state index in [9.17, 15) is 0 Å². The maximum Gasteiger partial charge on any atom is 0.316 e. The maximum absolute atomic E-state index is 8.78. The first kappa shape index (κ1) is 8.20. The van der Waals surface area contributed by atoms with Crippen LogP contribution < -0.4 is 5.32 Å². The standard InChI is InChI=1S/C6H15NO2Si/c8-10(9)5-6-1-3-7-4-2-6/h6-10H,1-5H2. The number of piperidine rings is 1. The van der Waals surface area contributed by atoms with E-state index in [1.54, 1.807) is 0 Å². The first-order valence-electron chi connectivity index (χ1n) is 3.86. The predicted molar refractivity (Wildman–Crippen MR) is 42.0 cm³/mol. The van der Waals surface area contributed by atoms with Crippen molar-refractivity contribution in [2.75, 3.05) is 13.1 Å². The van der Waals surface area contributed by atoms with E-state index in [0.717, 1.165) is 25.9 Å². The largest absolute Gasteiger partial charge is 0.413 e. The molecule has 1 rings (SSSR count). The van der Waals surface area contributed by atoms with Gasteiger partial charge in [-0.2, -0.15) is 0 Å². The van der Waals surface area contributed by atoms with Gasteiger partial charge in [0.1, 0.15) is 0 Å². The fourth-order valence-corrected chi connectivity index (χ4v) is 2.48. The number of rotatable bonds is 2. The molecule has 3 N–H and O–H groups in total. The van der Waals surface area contributed by atoms with Gasteiger partial charge in [-0.25, -0.2) is 0 Å². The highest BCUT2D eigenvalue weighted by atomic mass is 28.3. The maximum atomic E-state index is 8.78. The Bertz CT molecular complexity index is 93.7. The van der Waals surface area contributed by atoms with Crippen molar-refractivity contribution in [3.63, 3.8) is 0 Å². The lowest BCUT2D eigenvalue weighted by Crippen LogP contribution is -2.30. The van der Waals surface area contributed by atoms with Gasteiger partial charge in [-0.15, -0.1) is 0 Å². The molecule has 0 atom stereocenters. The molecule has 0 aromatic heterocycles. The van der Waals surface area contributed by atoms with Crippen LogP contribution in [0, 0.1) is 5.92 Å². The molecule has 10 heavy (non-hydrogen) atoms. The minimum absolute atomic E-state index is 0.577. The molecule has 0 aromatic rings. The van der Waals surface area contributed by atoms with E-state index >= 15 is 0 Å². The van der Waals surface area contributed by atoms with E-state index < -0.39 is 9.28 Å². The molecule has 1 heterocycles. The lowest BCUT2D eigenvalue weighted by molar-refractivity contribution is 0.347. The van der Waals surface area contributed by atoms with Crippen LogP contribution in [0.1, 0.15) is 12.8 Å². The van der Waals surface area contributed by atoms with Crippen LogP contribution in [0.4, 0.5) is 0 Å². The molecule has 0 saturated carbocycles. The van der Waals surface area contributed by atoms with Crippen LogP contribution in [0.5, 0.6) is 0 Å². The molecule has 0 aliphatic carbocycles. The Hall–Kier alpha value is 0.0969. The number of nitrogens with one attached hydrogen (secondary N) is 1. The van der Waals surface area contributed by atoms with Crippen molar-refractivity contribution in [3.8, 4) is 0 Å². The summed E-state index contributed by atoms with van der Waals surface area (Å²) < 4.78 is 0. The van der Waals surface area contributed by atoms with Gasteiger partial charge in [0.05, 0.1) is 0 Å². The first-order valence-corrected chi connectivity index (χ1v) is 5.71. The van der Waals surface area contributed by atoms with E-state index in [2.05, 4.69) is 5.32 Å². The van der Waals surface area contributed by atoms with Crippen molar-refractivity contribution < 1.29 is 9.59 Å². The lowest BCUT2D eigenvalue weighted by Gasteiger charge is -2.22. The summed E-state index contributed by atoms with van der Waals surface area (Å²) in [6, 6.07) is 0.682. The van der Waals surface area contributed by atoms with Crippen LogP contribution in [0.25, 0.3) is 0 Å². The Morgan fingerprint density at radius 2 is 1.90 bits per heavy atom. The third-order valence-corrected chi connectivity index (χ3v) is 3.09. The highest BCUT2D eigenvalue weighted by Gasteiger charge is 2.16. The molecule has 0 unspecified atom stereocenters. The molecule has 60 valence electrons. The van der Waals surface area contributed by atoms with Crippen molar-refractivity contribution in [1.82, 2.24) is 5.32 Å². The Kier molecular flexibility index (Phi) is 3.34. The van der Waals surface area contributed by atoms with Crippen molar-refractivity contribution in [3.05, 3.63) is 0 Å². The molecule has 1 saturated heterocycles. The van der Waals surface area contributed by atoms with Crippen LogP contribution >= 0.6 is 0 Å². The van der Waals surface area contributed by atoms with Crippen LogP contribution in [0.15, 0.2) is 0 Å². The molecule has 1 aliphatic rings. The average molecular weight is 161 g/mol. The molecule has 0 radical (unpaired) electrons. The number of hydrogen-bond acceptors (Lipinski definition) is 3. The van der Waals surface area contributed by atoms with Crippen molar-refractivity contribution in [2.24, 2.45) is 5.92 Å². The SMILES string of the molecule is O[SiH](O)CC1CCNCC1. The van der Waals surface area contributed by atoms with Gasteiger partial charge in [-0.1, -0.05) is 0 Å². The fraction of sp³-hybridized carbons (Fsp3) is 1.00. The zero-order valence-corrected chi connectivity index (χ0v) is 7.24. The summed E-state index contributed by atoms with van der Waals surface area (Å²) in [7, 11) is -2.27. The first-order chi connectivity index (χ1) is 4.79. The van der Waals surface area contributed by atoms with Crippen molar-refractivity contribution in [1.29, 1.82) is 0 Å². The van der Waals surface area contributed by atoms with E-state index in [1.165, 1.54) is 0 Å². The lowest BCUT2D eigenvalue weighted by atomic mass is 10.0. The molecule has 0 spiro atoms. The van der Waals surface area contributed by atoms with Crippen LogP contribution in [0.3, 0.4) is 0 Å². The molecular formula is C6H15NO2Si. The Morgan fingerprint density at radius 3 is 2.40 bits per heavy atom. The summed E-state index contributed by atoms with van der Waals surface area (Å²) in [6.07, 6.45) is 2.23. The topological polar surface area (TPSA) is 52.5 Å². The predicted octanol–water partition coefficient (Wildman–Crippen LogP) is -0.809. The highest BCUT2D eigenvalue weighted by molar-refractivity contribution is 6.41. The summed E-state index contributed by atoms with van der Waals surface area (Å²) in [5.41, 5.74) is 0. The van der Waals surface area contributed by atoms with Crippen LogP contribution in [0.2, 0.25) is 6.04 Å².